The van der Waals surface area contributed by atoms with Crippen LogP contribution in [0.4, 0.5) is 0 Å². The summed E-state index contributed by atoms with van der Waals surface area (Å²) in [7, 11) is -4.40. The first-order valence-electron chi connectivity index (χ1n) is 3.77. The third-order valence-electron chi connectivity index (χ3n) is 1.90. The van der Waals surface area contributed by atoms with E-state index in [1.165, 1.54) is 0 Å². The van der Waals surface area contributed by atoms with Crippen LogP contribution in [0.1, 0.15) is 0 Å². The van der Waals surface area contributed by atoms with Crippen LogP contribution in [0.3, 0.4) is 0 Å². The normalized spacial score (nSPS) is 12.1. The second-order valence-electron chi connectivity index (χ2n) is 2.82. The maximum Gasteiger partial charge on any atom is 0.313 e. The van der Waals surface area contributed by atoms with Gasteiger partial charge in [-0.2, -0.15) is 8.42 Å². The van der Waals surface area contributed by atoms with Crippen molar-refractivity contribution in [1.29, 1.82) is 0 Å². The van der Waals surface area contributed by atoms with E-state index in [4.69, 9.17) is 4.55 Å². The molecule has 5 nitrogen and oxygen atoms in total. The first-order chi connectivity index (χ1) is 6.50. The van der Waals surface area contributed by atoms with Gasteiger partial charge >= 0.3 is 10.1 Å². The molecule has 2 rings (SSSR count). The third kappa shape index (κ3) is 1.24. The van der Waals surface area contributed by atoms with Crippen molar-refractivity contribution in [3.8, 4) is 5.75 Å². The van der Waals surface area contributed by atoms with Crippen molar-refractivity contribution < 1.29 is 18.1 Å². The van der Waals surface area contributed by atoms with Gasteiger partial charge in [0.15, 0.2) is 5.75 Å². The number of aromatic amines is 1. The van der Waals surface area contributed by atoms with Crippen LogP contribution in [-0.2, 0) is 10.1 Å². The third-order valence-corrected chi connectivity index (χ3v) is 2.71. The summed E-state index contributed by atoms with van der Waals surface area (Å²) in [6, 6.07) is 6.50. The average Bonchev–Trinajstić information content (AvgIpc) is 2.44. The second kappa shape index (κ2) is 2.73. The first-order valence-corrected chi connectivity index (χ1v) is 5.21. The van der Waals surface area contributed by atoms with Gasteiger partial charge in [0.2, 0.25) is 5.03 Å². The van der Waals surface area contributed by atoms with Crippen molar-refractivity contribution in [3.05, 3.63) is 24.3 Å². The lowest BCUT2D eigenvalue weighted by molar-refractivity contribution is 0.444. The molecule has 1 aromatic heterocycles. The molecular weight excluding hydrogens is 206 g/mol. The number of hydrogen-bond donors (Lipinski definition) is 3. The molecule has 0 bridgehead atoms. The Morgan fingerprint density at radius 2 is 1.86 bits per heavy atom. The molecule has 0 aliphatic heterocycles. The van der Waals surface area contributed by atoms with Gasteiger partial charge in [-0.25, -0.2) is 0 Å². The molecule has 74 valence electrons. The molecule has 0 unspecified atom stereocenters. The lowest BCUT2D eigenvalue weighted by atomic mass is 10.2. The van der Waals surface area contributed by atoms with Crippen LogP contribution in [0.15, 0.2) is 29.3 Å². The Morgan fingerprint density at radius 3 is 2.43 bits per heavy atom. The van der Waals surface area contributed by atoms with E-state index in [0.29, 0.717) is 10.9 Å². The Kier molecular flexibility index (Phi) is 1.76. The summed E-state index contributed by atoms with van der Waals surface area (Å²) in [6.07, 6.45) is 0. The van der Waals surface area contributed by atoms with Gasteiger partial charge in [-0.15, -0.1) is 0 Å². The minimum Gasteiger partial charge on any atom is -0.504 e. The van der Waals surface area contributed by atoms with Crippen molar-refractivity contribution >= 4 is 21.0 Å². The number of aromatic hydroxyl groups is 1. The van der Waals surface area contributed by atoms with E-state index >= 15 is 0 Å². The number of benzene rings is 1. The SMILES string of the molecule is O=S(=O)(O)c1[nH]c2ccccc2c1O. The minimum atomic E-state index is -4.40. The first kappa shape index (κ1) is 9.04. The summed E-state index contributed by atoms with van der Waals surface area (Å²) >= 11 is 0. The molecule has 2 aromatic rings. The fraction of sp³-hybridized carbons (Fsp3) is 0. The summed E-state index contributed by atoms with van der Waals surface area (Å²) in [6.45, 7) is 0. The van der Waals surface area contributed by atoms with Gasteiger partial charge in [-0.3, -0.25) is 4.55 Å². The summed E-state index contributed by atoms with van der Waals surface area (Å²) in [4.78, 5) is 2.42. The fourth-order valence-electron chi connectivity index (χ4n) is 1.29. The predicted octanol–water partition coefficient (Wildman–Crippen LogP) is 1.12. The van der Waals surface area contributed by atoms with Gasteiger partial charge in [0.05, 0.1) is 5.52 Å². The highest BCUT2D eigenvalue weighted by Crippen LogP contribution is 2.31. The maximum absolute atomic E-state index is 10.8. The predicted molar refractivity (Wildman–Crippen MR) is 49.8 cm³/mol. The van der Waals surface area contributed by atoms with E-state index < -0.39 is 20.9 Å². The van der Waals surface area contributed by atoms with Gasteiger partial charge in [0.25, 0.3) is 0 Å². The number of nitrogens with one attached hydrogen (secondary N) is 1. The summed E-state index contributed by atoms with van der Waals surface area (Å²) < 4.78 is 30.3. The zero-order chi connectivity index (χ0) is 10.3. The minimum absolute atomic E-state index is 0.361. The molecule has 0 aliphatic rings. The van der Waals surface area contributed by atoms with Gasteiger partial charge in [0, 0.05) is 5.39 Å². The van der Waals surface area contributed by atoms with Crippen molar-refractivity contribution in [2.24, 2.45) is 0 Å². The van der Waals surface area contributed by atoms with Crippen LogP contribution in [0.2, 0.25) is 0 Å². The number of hydrogen-bond acceptors (Lipinski definition) is 3. The number of para-hydroxylation sites is 1. The Hall–Kier alpha value is -1.53. The Morgan fingerprint density at radius 1 is 1.21 bits per heavy atom. The van der Waals surface area contributed by atoms with Crippen LogP contribution in [0.5, 0.6) is 5.75 Å². The van der Waals surface area contributed by atoms with Gasteiger partial charge in [-0.1, -0.05) is 12.1 Å². The molecule has 0 aliphatic carbocycles. The molecule has 1 aromatic carbocycles. The van der Waals surface area contributed by atoms with E-state index in [-0.39, 0.29) is 0 Å². The molecule has 0 atom stereocenters. The molecule has 6 heteroatoms. The molecule has 0 spiro atoms. The highest BCUT2D eigenvalue weighted by molar-refractivity contribution is 7.85. The second-order valence-corrected chi connectivity index (χ2v) is 4.18. The monoisotopic (exact) mass is 213 g/mol. The maximum atomic E-state index is 10.8. The van der Waals surface area contributed by atoms with Crippen LogP contribution >= 0.6 is 0 Å². The lowest BCUT2D eigenvalue weighted by Crippen LogP contribution is -1.98. The Bertz CT molecular complexity index is 584. The highest BCUT2D eigenvalue weighted by atomic mass is 32.2. The van der Waals surface area contributed by atoms with Gasteiger partial charge in [0.1, 0.15) is 0 Å². The van der Waals surface area contributed by atoms with Crippen molar-refractivity contribution in [3.63, 3.8) is 0 Å². The van der Waals surface area contributed by atoms with Crippen molar-refractivity contribution in [2.75, 3.05) is 0 Å². The molecule has 3 N–H and O–H groups in total. The number of fused-ring (bicyclic) bond motifs is 1. The standard InChI is InChI=1S/C8H7NO4S/c10-7-5-3-1-2-4-6(5)9-8(7)14(11,12)13/h1-4,9-10H,(H,11,12,13). The molecule has 1 heterocycles. The zero-order valence-electron chi connectivity index (χ0n) is 6.93. The molecule has 0 saturated carbocycles. The summed E-state index contributed by atoms with van der Waals surface area (Å²) in [5.41, 5.74) is 0.456. The van der Waals surface area contributed by atoms with Crippen LogP contribution < -0.4 is 0 Å². The topological polar surface area (TPSA) is 90.4 Å². The smallest absolute Gasteiger partial charge is 0.313 e. The van der Waals surface area contributed by atoms with E-state index in [1.54, 1.807) is 24.3 Å². The van der Waals surface area contributed by atoms with Crippen LogP contribution in [0.25, 0.3) is 10.9 Å². The lowest BCUT2D eigenvalue weighted by Gasteiger charge is -1.91. The van der Waals surface area contributed by atoms with E-state index in [2.05, 4.69) is 4.98 Å². The molecular formula is C8H7NO4S. The van der Waals surface area contributed by atoms with E-state index in [0.717, 1.165) is 0 Å². The largest absolute Gasteiger partial charge is 0.504 e. The van der Waals surface area contributed by atoms with Crippen LogP contribution in [-0.4, -0.2) is 23.1 Å². The van der Waals surface area contributed by atoms with Gasteiger partial charge in [-0.05, 0) is 12.1 Å². The summed E-state index contributed by atoms with van der Waals surface area (Å²) in [5.74, 6) is -0.455. The molecule has 0 radical (unpaired) electrons. The van der Waals surface area contributed by atoms with E-state index in [1.807, 2.05) is 0 Å². The fourth-order valence-corrected chi connectivity index (χ4v) is 1.88. The average molecular weight is 213 g/mol. The Balaban J connectivity index is 2.89. The van der Waals surface area contributed by atoms with E-state index in [9.17, 15) is 13.5 Å². The van der Waals surface area contributed by atoms with Gasteiger partial charge < -0.3 is 10.1 Å². The van der Waals surface area contributed by atoms with Crippen LogP contribution in [0, 0.1) is 0 Å². The Labute approximate surface area is 79.7 Å². The molecule has 0 fully saturated rings. The summed E-state index contributed by atoms with van der Waals surface area (Å²) in [5, 5.41) is 9.25. The number of H-pyrrole nitrogens is 1. The number of aromatic nitrogens is 1. The molecule has 0 saturated heterocycles. The van der Waals surface area contributed by atoms with Crippen molar-refractivity contribution in [1.82, 2.24) is 4.98 Å². The number of rotatable bonds is 1. The quantitative estimate of drug-likeness (QED) is 0.619. The van der Waals surface area contributed by atoms with Crippen molar-refractivity contribution in [2.45, 2.75) is 5.03 Å². The zero-order valence-corrected chi connectivity index (χ0v) is 7.75. The molecule has 14 heavy (non-hydrogen) atoms. The molecule has 0 amide bonds. The highest BCUT2D eigenvalue weighted by Gasteiger charge is 2.20.